The molecular weight excluding hydrogens is 579 g/mol. The highest BCUT2D eigenvalue weighted by Crippen LogP contribution is 2.52. The number of phosphoric acid groups is 1. The number of hydrogen-bond donors (Lipinski definition) is 2. The summed E-state index contributed by atoms with van der Waals surface area (Å²) in [4.78, 5) is 25.8. The van der Waals surface area contributed by atoms with Gasteiger partial charge in [-0.15, -0.1) is 0 Å². The molecule has 0 aliphatic carbocycles. The largest absolute Gasteiger partial charge is 0.530 e. The van der Waals surface area contributed by atoms with Gasteiger partial charge in [-0.2, -0.15) is 4.98 Å². The number of ether oxygens (including phenoxy) is 2. The monoisotopic (exact) mass is 605 g/mol. The van der Waals surface area contributed by atoms with Crippen LogP contribution in [0, 0.1) is 17.7 Å². The van der Waals surface area contributed by atoms with Crippen molar-refractivity contribution < 1.29 is 46.3 Å². The summed E-state index contributed by atoms with van der Waals surface area (Å²) in [6, 6.07) is 7.71. The van der Waals surface area contributed by atoms with Gasteiger partial charge in [0.15, 0.2) is 28.8 Å². The van der Waals surface area contributed by atoms with E-state index in [0.29, 0.717) is 10.8 Å². The van der Waals surface area contributed by atoms with Gasteiger partial charge >= 0.3 is 19.5 Å². The fourth-order valence-corrected chi connectivity index (χ4v) is 5.21. The zero-order valence-corrected chi connectivity index (χ0v) is 23.2. The Morgan fingerprint density at radius 2 is 2.02 bits per heavy atom. The zero-order valence-electron chi connectivity index (χ0n) is 21.5. The van der Waals surface area contributed by atoms with Gasteiger partial charge in [-0.05, 0) is 32.9 Å². The molecule has 0 radical (unpaired) electrons. The molecule has 0 amide bonds. The molecule has 12 nitrogen and oxygen atoms in total. The summed E-state index contributed by atoms with van der Waals surface area (Å²) < 4.78 is 68.1. The number of nitrogen functional groups attached to an aromatic ring is 1. The average Bonchev–Trinajstić information content (AvgIpc) is 3.13. The molecule has 1 aromatic heterocycles. The van der Waals surface area contributed by atoms with Crippen molar-refractivity contribution in [2.75, 3.05) is 19.0 Å². The smallest absolute Gasteiger partial charge is 0.461 e. The molecule has 2 aromatic rings. The number of hydrogen-bond acceptors (Lipinski definition) is 11. The summed E-state index contributed by atoms with van der Waals surface area (Å²) >= 11 is 6.51. The van der Waals surface area contributed by atoms with E-state index in [1.165, 1.54) is 19.1 Å². The summed E-state index contributed by atoms with van der Waals surface area (Å²) in [6.45, 7) is 2.54. The van der Waals surface area contributed by atoms with Gasteiger partial charge in [-0.1, -0.05) is 41.6 Å². The van der Waals surface area contributed by atoms with Crippen molar-refractivity contribution in [3.05, 3.63) is 52.8 Å². The number of para-hydroxylation sites is 1. The first-order chi connectivity index (χ1) is 18.8. The fraction of sp³-hybridized carbons (Fsp3) is 0.458. The molecule has 0 spiro atoms. The van der Waals surface area contributed by atoms with E-state index in [-0.39, 0.29) is 5.75 Å². The molecule has 218 valence electrons. The maximum Gasteiger partial charge on any atom is 0.530 e. The normalized spacial score (nSPS) is 24.6. The number of esters is 1. The topological polar surface area (TPSA) is 161 Å². The Morgan fingerprint density at radius 1 is 1.35 bits per heavy atom. The third-order valence-corrected chi connectivity index (χ3v) is 7.29. The molecule has 1 aliphatic rings. The standard InChI is InChI=1S/C24H27ClF2N3O9P/c1-14(2)36-21(32)15(3)38-40(34,39-16-8-5-4-6-9-16)35-13-18-19(31)24(25,10-7-11-26)22(37-18)30-12-17(27)20(28)29-23(30)33/h4-6,8-9,12,14-15,18-19,22,31H,11,13H2,1-3H3,(H2,28,29,33)/t15-,18+,19-,22+,24?,40-/m0/s1. The number of aliphatic hydroxyl groups is 1. The Morgan fingerprint density at radius 3 is 2.65 bits per heavy atom. The Kier molecular flexibility index (Phi) is 10.3. The van der Waals surface area contributed by atoms with Crippen LogP contribution in [0.2, 0.25) is 0 Å². The van der Waals surface area contributed by atoms with Crippen molar-refractivity contribution >= 4 is 31.2 Å². The van der Waals surface area contributed by atoms with Crippen LogP contribution < -0.4 is 15.9 Å². The second-order valence-electron chi connectivity index (χ2n) is 8.72. The van der Waals surface area contributed by atoms with Gasteiger partial charge in [0.05, 0.1) is 18.9 Å². The van der Waals surface area contributed by atoms with Gasteiger partial charge in [0.2, 0.25) is 0 Å². The molecule has 6 atom stereocenters. The number of nitrogens with zero attached hydrogens (tertiary/aromatic N) is 2. The summed E-state index contributed by atoms with van der Waals surface area (Å²) in [5.74, 6) is 1.72. The number of carbonyl (C=O) groups is 1. The van der Waals surface area contributed by atoms with Crippen molar-refractivity contribution in [3.63, 3.8) is 0 Å². The van der Waals surface area contributed by atoms with Crippen LogP contribution in [-0.4, -0.2) is 63.2 Å². The van der Waals surface area contributed by atoms with Gasteiger partial charge in [-0.3, -0.25) is 13.6 Å². The van der Waals surface area contributed by atoms with Crippen molar-refractivity contribution in [3.8, 4) is 17.6 Å². The summed E-state index contributed by atoms with van der Waals surface area (Å²) in [5.41, 5.74) is 4.22. The number of nitrogens with two attached hydrogens (primary N) is 1. The molecule has 1 fully saturated rings. The number of halogens is 3. The summed E-state index contributed by atoms with van der Waals surface area (Å²) in [5, 5.41) is 11.0. The highest BCUT2D eigenvalue weighted by atomic mass is 35.5. The molecule has 1 aromatic carbocycles. The first-order valence-electron chi connectivity index (χ1n) is 11.8. The maximum atomic E-state index is 14.2. The number of alkyl halides is 2. The molecule has 0 saturated carbocycles. The van der Waals surface area contributed by atoms with E-state index < -0.39 is 79.9 Å². The summed E-state index contributed by atoms with van der Waals surface area (Å²) in [6.07, 6.45) is -6.32. The number of aliphatic hydroxyl groups excluding tert-OH is 1. The van der Waals surface area contributed by atoms with Gasteiger partial charge < -0.3 is 24.8 Å². The molecule has 1 unspecified atom stereocenters. The Balaban J connectivity index is 1.90. The molecule has 16 heteroatoms. The average molecular weight is 606 g/mol. The minimum absolute atomic E-state index is 0.0523. The lowest BCUT2D eigenvalue weighted by Crippen LogP contribution is -2.43. The van der Waals surface area contributed by atoms with Crippen LogP contribution in [0.15, 0.2) is 41.3 Å². The van der Waals surface area contributed by atoms with E-state index in [4.69, 9.17) is 40.4 Å². The van der Waals surface area contributed by atoms with E-state index >= 15 is 0 Å². The maximum absolute atomic E-state index is 14.2. The van der Waals surface area contributed by atoms with Crippen LogP contribution in [-0.2, 0) is 27.9 Å². The quantitative estimate of drug-likeness (QED) is 0.177. The van der Waals surface area contributed by atoms with Gasteiger partial charge in [-0.25, -0.2) is 22.9 Å². The summed E-state index contributed by atoms with van der Waals surface area (Å²) in [7, 11) is -4.64. The second-order valence-corrected chi connectivity index (χ2v) is 10.9. The predicted molar refractivity (Wildman–Crippen MR) is 138 cm³/mol. The highest BCUT2D eigenvalue weighted by molar-refractivity contribution is 7.49. The molecule has 1 aliphatic heterocycles. The first kappa shape index (κ1) is 31.5. The van der Waals surface area contributed by atoms with Crippen LogP contribution >= 0.6 is 19.4 Å². The molecular formula is C24H27ClF2N3O9P. The van der Waals surface area contributed by atoms with Crippen LogP contribution in [0.5, 0.6) is 5.75 Å². The minimum Gasteiger partial charge on any atom is -0.461 e. The molecule has 3 N–H and O–H groups in total. The van der Waals surface area contributed by atoms with Crippen molar-refractivity contribution in [2.45, 2.75) is 56.3 Å². The van der Waals surface area contributed by atoms with E-state index in [2.05, 4.69) is 10.9 Å². The van der Waals surface area contributed by atoms with E-state index in [0.717, 1.165) is 0 Å². The first-order valence-corrected chi connectivity index (χ1v) is 13.6. The lowest BCUT2D eigenvalue weighted by atomic mass is 9.99. The molecule has 0 bridgehead atoms. The molecule has 40 heavy (non-hydrogen) atoms. The fourth-order valence-electron chi connectivity index (χ4n) is 3.50. The number of anilines is 1. The zero-order chi connectivity index (χ0) is 29.7. The van der Waals surface area contributed by atoms with Crippen molar-refractivity contribution in [2.24, 2.45) is 0 Å². The van der Waals surface area contributed by atoms with E-state index in [1.54, 1.807) is 32.0 Å². The van der Waals surface area contributed by atoms with Gasteiger partial charge in [0.25, 0.3) is 0 Å². The molecule has 3 rings (SSSR count). The number of rotatable bonds is 10. The van der Waals surface area contributed by atoms with E-state index in [9.17, 15) is 28.0 Å². The Hall–Kier alpha value is -3.05. The number of benzene rings is 1. The van der Waals surface area contributed by atoms with Crippen LogP contribution in [0.25, 0.3) is 0 Å². The number of phosphoric ester groups is 1. The lowest BCUT2D eigenvalue weighted by Gasteiger charge is -2.25. The van der Waals surface area contributed by atoms with Crippen molar-refractivity contribution in [1.82, 2.24) is 9.55 Å². The van der Waals surface area contributed by atoms with Crippen LogP contribution in [0.4, 0.5) is 14.6 Å². The van der Waals surface area contributed by atoms with E-state index in [1.807, 2.05) is 5.92 Å². The minimum atomic E-state index is -4.64. The SMILES string of the molecule is CC(C)OC(=O)[C@H](C)O[P@](=O)(OC[C@H]1O[C@@H](n2cc(F)c(N)nc2=O)C(Cl)(C#CCF)[C@H]1O)Oc1ccccc1. The van der Waals surface area contributed by atoms with Gasteiger partial charge in [0, 0.05) is 0 Å². The van der Waals surface area contributed by atoms with Gasteiger partial charge in [0.1, 0.15) is 24.6 Å². The molecule has 1 saturated heterocycles. The second kappa shape index (κ2) is 13.1. The highest BCUT2D eigenvalue weighted by Gasteiger charge is 2.57. The van der Waals surface area contributed by atoms with Crippen LogP contribution in [0.3, 0.4) is 0 Å². The predicted octanol–water partition coefficient (Wildman–Crippen LogP) is 2.73. The lowest BCUT2D eigenvalue weighted by molar-refractivity contribution is -0.156. The number of aromatic nitrogens is 2. The Labute approximate surface area is 232 Å². The third kappa shape index (κ3) is 7.37. The molecule has 2 heterocycles. The third-order valence-electron chi connectivity index (χ3n) is 5.31. The van der Waals surface area contributed by atoms with Crippen molar-refractivity contribution in [1.29, 1.82) is 0 Å². The van der Waals surface area contributed by atoms with Crippen LogP contribution in [0.1, 0.15) is 27.0 Å². The Bertz CT molecular complexity index is 1370. The number of carbonyl (C=O) groups excluding carboxylic acids is 1.